The zero-order valence-electron chi connectivity index (χ0n) is 11.1. The topological polar surface area (TPSA) is 42.0 Å². The van der Waals surface area contributed by atoms with Gasteiger partial charge in [0, 0.05) is 0 Å². The van der Waals surface area contributed by atoms with Crippen molar-refractivity contribution in [3.05, 3.63) is 23.8 Å². The summed E-state index contributed by atoms with van der Waals surface area (Å²) in [5.41, 5.74) is 2.14. The molecule has 0 saturated heterocycles. The van der Waals surface area contributed by atoms with E-state index >= 15 is 0 Å². The highest BCUT2D eigenvalue weighted by molar-refractivity contribution is 9.10. The lowest BCUT2D eigenvalue weighted by molar-refractivity contribution is -0.115. The molecule has 0 saturated carbocycles. The molecule has 0 aliphatic carbocycles. The van der Waals surface area contributed by atoms with Crippen molar-refractivity contribution >= 4 is 48.5 Å². The number of hydrogen-bond acceptors (Lipinski definition) is 3. The number of thiazole rings is 1. The second-order valence-corrected chi connectivity index (χ2v) is 6.73. The average Bonchev–Trinajstić information content (AvgIpc) is 2.77. The number of nitrogens with zero attached hydrogens (tertiary/aromatic N) is 1. The largest absolute Gasteiger partial charge is 0.301 e. The van der Waals surface area contributed by atoms with Gasteiger partial charge in [-0.15, -0.1) is 0 Å². The molecule has 0 fully saturated rings. The second-order valence-electron chi connectivity index (χ2n) is 4.59. The molecular formula is C14H17BrN2OS. The summed E-state index contributed by atoms with van der Waals surface area (Å²) >= 11 is 4.94. The first kappa shape index (κ1) is 14.5. The monoisotopic (exact) mass is 340 g/mol. The van der Waals surface area contributed by atoms with Gasteiger partial charge in [-0.1, -0.05) is 53.1 Å². The van der Waals surface area contributed by atoms with Crippen LogP contribution in [-0.4, -0.2) is 15.7 Å². The number of fused-ring (bicyclic) bond motifs is 1. The van der Waals surface area contributed by atoms with E-state index in [1.165, 1.54) is 16.9 Å². The van der Waals surface area contributed by atoms with Crippen LogP contribution in [0.15, 0.2) is 18.2 Å². The lowest BCUT2D eigenvalue weighted by Crippen LogP contribution is -2.22. The van der Waals surface area contributed by atoms with Gasteiger partial charge in [-0.25, -0.2) is 4.98 Å². The summed E-state index contributed by atoms with van der Waals surface area (Å²) in [5, 5.41) is 3.55. The smallest absolute Gasteiger partial charge is 0.239 e. The zero-order chi connectivity index (χ0) is 13.8. The number of halogens is 1. The molecule has 0 bridgehead atoms. The highest BCUT2D eigenvalue weighted by Crippen LogP contribution is 2.27. The number of aryl methyl sites for hydroxylation is 1. The number of rotatable bonds is 5. The summed E-state index contributed by atoms with van der Waals surface area (Å²) in [6, 6.07) is 6.10. The number of amides is 1. The molecule has 0 aliphatic heterocycles. The van der Waals surface area contributed by atoms with E-state index in [1.807, 2.05) is 12.1 Å². The molecular weight excluding hydrogens is 324 g/mol. The van der Waals surface area contributed by atoms with Crippen LogP contribution in [0.2, 0.25) is 0 Å². The highest BCUT2D eigenvalue weighted by Gasteiger charge is 2.16. The Morgan fingerprint density at radius 1 is 1.53 bits per heavy atom. The molecule has 102 valence electrons. The maximum absolute atomic E-state index is 12.0. The number of nitrogens with one attached hydrogen (secondary N) is 1. The third-order valence-electron chi connectivity index (χ3n) is 2.87. The Balaban J connectivity index is 2.06. The van der Waals surface area contributed by atoms with Gasteiger partial charge in [-0.3, -0.25) is 4.79 Å². The molecule has 1 atom stereocenters. The molecule has 1 N–H and O–H groups in total. The molecule has 1 amide bonds. The molecule has 0 spiro atoms. The SMILES string of the molecule is CCCC[C@@H](Br)C(=O)Nc1nc2ccc(C)cc2s1. The maximum atomic E-state index is 12.0. The van der Waals surface area contributed by atoms with Crippen molar-refractivity contribution in [2.75, 3.05) is 5.32 Å². The molecule has 1 heterocycles. The minimum Gasteiger partial charge on any atom is -0.301 e. The van der Waals surface area contributed by atoms with E-state index in [9.17, 15) is 4.79 Å². The lowest BCUT2D eigenvalue weighted by Gasteiger charge is -2.07. The quantitative estimate of drug-likeness (QED) is 0.814. The number of carbonyl (C=O) groups is 1. The van der Waals surface area contributed by atoms with Crippen molar-refractivity contribution in [3.8, 4) is 0 Å². The van der Waals surface area contributed by atoms with E-state index in [2.05, 4.69) is 46.1 Å². The number of unbranched alkanes of at least 4 members (excludes halogenated alkanes) is 1. The van der Waals surface area contributed by atoms with Crippen LogP contribution in [0, 0.1) is 6.92 Å². The normalized spacial score (nSPS) is 12.6. The third-order valence-corrected chi connectivity index (χ3v) is 4.68. The second kappa shape index (κ2) is 6.48. The van der Waals surface area contributed by atoms with Crippen molar-refractivity contribution in [1.82, 2.24) is 4.98 Å². The van der Waals surface area contributed by atoms with Crippen LogP contribution in [0.1, 0.15) is 31.7 Å². The lowest BCUT2D eigenvalue weighted by atomic mass is 10.2. The zero-order valence-corrected chi connectivity index (χ0v) is 13.5. The maximum Gasteiger partial charge on any atom is 0.239 e. The third kappa shape index (κ3) is 3.76. The van der Waals surface area contributed by atoms with E-state index in [0.29, 0.717) is 5.13 Å². The molecule has 1 aromatic heterocycles. The molecule has 19 heavy (non-hydrogen) atoms. The van der Waals surface area contributed by atoms with Gasteiger partial charge >= 0.3 is 0 Å². The van der Waals surface area contributed by atoms with Crippen LogP contribution in [0.4, 0.5) is 5.13 Å². The summed E-state index contributed by atoms with van der Waals surface area (Å²) in [5.74, 6) is -0.00997. The molecule has 2 aromatic rings. The van der Waals surface area contributed by atoms with E-state index < -0.39 is 0 Å². The molecule has 0 radical (unpaired) electrons. The molecule has 2 rings (SSSR count). The summed E-state index contributed by atoms with van der Waals surface area (Å²) in [6.45, 7) is 4.17. The standard InChI is InChI=1S/C14H17BrN2OS/c1-3-4-5-10(15)13(18)17-14-16-11-7-6-9(2)8-12(11)19-14/h6-8,10H,3-5H2,1-2H3,(H,16,17,18)/t10-/m1/s1. The Bertz CT molecular complexity index is 582. The predicted molar refractivity (Wildman–Crippen MR) is 85.2 cm³/mol. The minimum atomic E-state index is -0.138. The first-order valence-electron chi connectivity index (χ1n) is 6.42. The number of aromatic nitrogens is 1. The fourth-order valence-electron chi connectivity index (χ4n) is 1.78. The van der Waals surface area contributed by atoms with E-state index in [1.54, 1.807) is 0 Å². The number of hydrogen-bond donors (Lipinski definition) is 1. The van der Waals surface area contributed by atoms with E-state index in [0.717, 1.165) is 29.5 Å². The van der Waals surface area contributed by atoms with Gasteiger partial charge in [-0.2, -0.15) is 0 Å². The minimum absolute atomic E-state index is 0.00997. The van der Waals surface area contributed by atoms with Crippen LogP contribution in [-0.2, 0) is 4.79 Å². The molecule has 0 unspecified atom stereocenters. The van der Waals surface area contributed by atoms with Crippen LogP contribution in [0.5, 0.6) is 0 Å². The summed E-state index contributed by atoms with van der Waals surface area (Å²) < 4.78 is 1.11. The van der Waals surface area contributed by atoms with Crippen molar-refractivity contribution < 1.29 is 4.79 Å². The van der Waals surface area contributed by atoms with Gasteiger partial charge in [0.25, 0.3) is 0 Å². The van der Waals surface area contributed by atoms with Gasteiger partial charge in [0.2, 0.25) is 5.91 Å². The summed E-state index contributed by atoms with van der Waals surface area (Å²) in [6.07, 6.45) is 2.99. The molecule has 5 heteroatoms. The van der Waals surface area contributed by atoms with Crippen LogP contribution in [0.3, 0.4) is 0 Å². The van der Waals surface area contributed by atoms with E-state index in [4.69, 9.17) is 0 Å². The van der Waals surface area contributed by atoms with Crippen molar-refractivity contribution in [2.45, 2.75) is 37.9 Å². The summed E-state index contributed by atoms with van der Waals surface area (Å²) in [7, 11) is 0. The van der Waals surface area contributed by atoms with Crippen LogP contribution < -0.4 is 5.32 Å². The van der Waals surface area contributed by atoms with Gasteiger partial charge in [0.05, 0.1) is 15.0 Å². The van der Waals surface area contributed by atoms with Crippen molar-refractivity contribution in [3.63, 3.8) is 0 Å². The Labute approximate surface area is 125 Å². The molecule has 1 aromatic carbocycles. The first-order valence-corrected chi connectivity index (χ1v) is 8.15. The Morgan fingerprint density at radius 2 is 2.32 bits per heavy atom. The molecule has 3 nitrogen and oxygen atoms in total. The fraction of sp³-hybridized carbons (Fsp3) is 0.429. The molecule has 0 aliphatic rings. The van der Waals surface area contributed by atoms with Crippen LogP contribution in [0.25, 0.3) is 10.2 Å². The van der Waals surface area contributed by atoms with Crippen molar-refractivity contribution in [2.24, 2.45) is 0 Å². The highest BCUT2D eigenvalue weighted by atomic mass is 79.9. The number of anilines is 1. The van der Waals surface area contributed by atoms with E-state index in [-0.39, 0.29) is 10.7 Å². The summed E-state index contributed by atoms with van der Waals surface area (Å²) in [4.78, 5) is 16.3. The number of alkyl halides is 1. The number of benzene rings is 1. The van der Waals surface area contributed by atoms with Crippen molar-refractivity contribution in [1.29, 1.82) is 0 Å². The fourth-order valence-corrected chi connectivity index (χ4v) is 3.19. The Hall–Kier alpha value is -0.940. The average molecular weight is 341 g/mol. The Morgan fingerprint density at radius 3 is 3.05 bits per heavy atom. The number of carbonyl (C=O) groups excluding carboxylic acids is 1. The van der Waals surface area contributed by atoms with Gasteiger partial charge in [0.15, 0.2) is 5.13 Å². The van der Waals surface area contributed by atoms with Crippen LogP contribution >= 0.6 is 27.3 Å². The van der Waals surface area contributed by atoms with Gasteiger partial charge < -0.3 is 5.32 Å². The first-order chi connectivity index (χ1) is 9.10. The van der Waals surface area contributed by atoms with Gasteiger partial charge in [-0.05, 0) is 31.0 Å². The van der Waals surface area contributed by atoms with Gasteiger partial charge in [0.1, 0.15) is 0 Å². The Kier molecular flexibility index (Phi) is 4.93. The predicted octanol–water partition coefficient (Wildman–Crippen LogP) is 4.50.